The Bertz CT molecular complexity index is 2160. The topological polar surface area (TPSA) is 37.8 Å². The molecular weight excluding hydrogens is 595 g/mol. The zero-order valence-electron chi connectivity index (χ0n) is 28.9. The van der Waals surface area contributed by atoms with E-state index in [0.29, 0.717) is 0 Å². The lowest BCUT2D eigenvalue weighted by Gasteiger charge is -2.22. The molecule has 0 aliphatic heterocycles. The van der Waals surface area contributed by atoms with E-state index in [0.717, 1.165) is 65.3 Å². The molecule has 3 nitrogen and oxygen atoms in total. The van der Waals surface area contributed by atoms with Gasteiger partial charge in [-0.3, -0.25) is 0 Å². The molecule has 1 N–H and O–H groups in total. The molecule has 0 spiro atoms. The maximum Gasteiger partial charge on any atom is 0.0747 e. The lowest BCUT2D eigenvalue weighted by atomic mass is 9.85. The van der Waals surface area contributed by atoms with Gasteiger partial charge in [-0.05, 0) is 108 Å². The summed E-state index contributed by atoms with van der Waals surface area (Å²) in [6, 6.07) is 41.2. The number of hydrogen-bond acceptors (Lipinski definition) is 3. The van der Waals surface area contributed by atoms with Gasteiger partial charge in [-0.2, -0.15) is 0 Å². The van der Waals surface area contributed by atoms with Gasteiger partial charge >= 0.3 is 0 Å². The third-order valence-electron chi connectivity index (χ3n) is 9.65. The van der Waals surface area contributed by atoms with E-state index in [4.69, 9.17) is 9.97 Å². The molecule has 6 aromatic rings. The maximum atomic E-state index is 5.34. The summed E-state index contributed by atoms with van der Waals surface area (Å²) < 4.78 is 0. The van der Waals surface area contributed by atoms with Gasteiger partial charge in [-0.25, -0.2) is 9.97 Å². The molecule has 2 heterocycles. The van der Waals surface area contributed by atoms with E-state index in [1.54, 1.807) is 0 Å². The minimum absolute atomic E-state index is 0.743. The average Bonchev–Trinajstić information content (AvgIpc) is 3.16. The van der Waals surface area contributed by atoms with Crippen LogP contribution in [0.15, 0.2) is 133 Å². The molecule has 0 radical (unpaired) electrons. The highest BCUT2D eigenvalue weighted by atomic mass is 14.8. The van der Waals surface area contributed by atoms with Crippen molar-refractivity contribution in [2.75, 3.05) is 7.05 Å². The van der Waals surface area contributed by atoms with Crippen molar-refractivity contribution in [2.24, 2.45) is 0 Å². The number of aromatic nitrogens is 2. The number of benzene rings is 4. The second-order valence-corrected chi connectivity index (χ2v) is 12.9. The summed E-state index contributed by atoms with van der Waals surface area (Å²) in [5, 5.41) is 3.49. The quantitative estimate of drug-likeness (QED) is 0.171. The SMILES string of the molecule is CCc1c(-c2cc(CNC)c(-c3cc(-c4ccccc4)nc(-c4ccccc4)c3C)cc2C)cc(C2=CC=CCC2)nc1-c1ccccc1. The van der Waals surface area contributed by atoms with Crippen LogP contribution in [0.25, 0.3) is 61.6 Å². The van der Waals surface area contributed by atoms with Gasteiger partial charge in [0, 0.05) is 23.2 Å². The van der Waals surface area contributed by atoms with Crippen molar-refractivity contribution in [3.8, 4) is 56.0 Å². The first-order valence-electron chi connectivity index (χ1n) is 17.4. The predicted octanol–water partition coefficient (Wildman–Crippen LogP) is 11.4. The number of allylic oxidation sites excluding steroid dienone is 4. The van der Waals surface area contributed by atoms with Crippen molar-refractivity contribution >= 4 is 5.57 Å². The van der Waals surface area contributed by atoms with Gasteiger partial charge in [0.05, 0.1) is 22.8 Å². The predicted molar refractivity (Wildman–Crippen MR) is 207 cm³/mol. The molecule has 1 aliphatic carbocycles. The van der Waals surface area contributed by atoms with Crippen LogP contribution in [0.4, 0.5) is 0 Å². The van der Waals surface area contributed by atoms with Crippen LogP contribution in [0.5, 0.6) is 0 Å². The zero-order valence-corrected chi connectivity index (χ0v) is 28.9. The average molecular weight is 638 g/mol. The van der Waals surface area contributed by atoms with Gasteiger partial charge in [0.15, 0.2) is 0 Å². The number of pyridine rings is 2. The summed E-state index contributed by atoms with van der Waals surface area (Å²) >= 11 is 0. The van der Waals surface area contributed by atoms with Crippen molar-refractivity contribution in [3.63, 3.8) is 0 Å². The van der Waals surface area contributed by atoms with Gasteiger partial charge in [0.1, 0.15) is 0 Å². The zero-order chi connectivity index (χ0) is 33.7. The van der Waals surface area contributed by atoms with Crippen LogP contribution in [0.2, 0.25) is 0 Å². The van der Waals surface area contributed by atoms with E-state index in [1.165, 1.54) is 50.1 Å². The Balaban J connectivity index is 1.47. The van der Waals surface area contributed by atoms with Crippen molar-refractivity contribution < 1.29 is 0 Å². The molecule has 0 saturated carbocycles. The van der Waals surface area contributed by atoms with Crippen LogP contribution in [0, 0.1) is 13.8 Å². The fourth-order valence-electron chi connectivity index (χ4n) is 7.14. The van der Waals surface area contributed by atoms with E-state index in [2.05, 4.69) is 160 Å². The van der Waals surface area contributed by atoms with E-state index >= 15 is 0 Å². The molecule has 242 valence electrons. The Morgan fingerprint density at radius 3 is 1.86 bits per heavy atom. The lowest BCUT2D eigenvalue weighted by molar-refractivity contribution is 0.819. The van der Waals surface area contributed by atoms with E-state index in [-0.39, 0.29) is 0 Å². The molecule has 0 atom stereocenters. The third kappa shape index (κ3) is 6.55. The Hall–Kier alpha value is -5.38. The Morgan fingerprint density at radius 2 is 1.24 bits per heavy atom. The lowest BCUT2D eigenvalue weighted by Crippen LogP contribution is -2.09. The molecule has 0 bridgehead atoms. The third-order valence-corrected chi connectivity index (χ3v) is 9.65. The fraction of sp³-hybridized carbons (Fsp3) is 0.174. The van der Waals surface area contributed by atoms with E-state index < -0.39 is 0 Å². The minimum atomic E-state index is 0.743. The van der Waals surface area contributed by atoms with Crippen molar-refractivity contribution in [3.05, 3.63) is 161 Å². The van der Waals surface area contributed by atoms with Crippen LogP contribution >= 0.6 is 0 Å². The molecule has 2 aromatic heterocycles. The van der Waals surface area contributed by atoms with Gasteiger partial charge < -0.3 is 5.32 Å². The summed E-state index contributed by atoms with van der Waals surface area (Å²) in [5.41, 5.74) is 18.8. The van der Waals surface area contributed by atoms with Crippen molar-refractivity contribution in [1.82, 2.24) is 15.3 Å². The highest BCUT2D eigenvalue weighted by Gasteiger charge is 2.21. The number of nitrogens with one attached hydrogen (secondary N) is 1. The molecular formula is C46H43N3. The summed E-state index contributed by atoms with van der Waals surface area (Å²) in [6.45, 7) is 7.48. The molecule has 0 fully saturated rings. The summed E-state index contributed by atoms with van der Waals surface area (Å²) in [4.78, 5) is 10.6. The second kappa shape index (κ2) is 14.4. The van der Waals surface area contributed by atoms with E-state index in [9.17, 15) is 0 Å². The molecule has 0 unspecified atom stereocenters. The first-order valence-corrected chi connectivity index (χ1v) is 17.4. The molecule has 3 heteroatoms. The van der Waals surface area contributed by atoms with Crippen LogP contribution in [-0.4, -0.2) is 17.0 Å². The normalized spacial score (nSPS) is 12.6. The Kier molecular flexibility index (Phi) is 9.45. The van der Waals surface area contributed by atoms with Crippen LogP contribution in [0.3, 0.4) is 0 Å². The molecule has 1 aliphatic rings. The van der Waals surface area contributed by atoms with Gasteiger partial charge in [0.25, 0.3) is 0 Å². The smallest absolute Gasteiger partial charge is 0.0747 e. The van der Waals surface area contributed by atoms with Crippen LogP contribution in [0.1, 0.15) is 47.7 Å². The van der Waals surface area contributed by atoms with Crippen LogP contribution in [-0.2, 0) is 13.0 Å². The molecule has 7 rings (SSSR count). The van der Waals surface area contributed by atoms with Crippen LogP contribution < -0.4 is 5.32 Å². The summed E-state index contributed by atoms with van der Waals surface area (Å²) in [7, 11) is 2.03. The molecule has 0 saturated heterocycles. The van der Waals surface area contributed by atoms with E-state index in [1.807, 2.05) is 7.05 Å². The number of aryl methyl sites for hydroxylation is 1. The maximum absolute atomic E-state index is 5.34. The van der Waals surface area contributed by atoms with Gasteiger partial charge in [-0.15, -0.1) is 0 Å². The second-order valence-electron chi connectivity index (χ2n) is 12.9. The van der Waals surface area contributed by atoms with Crippen molar-refractivity contribution in [2.45, 2.75) is 46.6 Å². The monoisotopic (exact) mass is 637 g/mol. The highest BCUT2D eigenvalue weighted by molar-refractivity contribution is 5.87. The van der Waals surface area contributed by atoms with Gasteiger partial charge in [0.2, 0.25) is 0 Å². The highest BCUT2D eigenvalue weighted by Crippen LogP contribution is 2.41. The fourth-order valence-corrected chi connectivity index (χ4v) is 7.14. The van der Waals surface area contributed by atoms with Crippen molar-refractivity contribution in [1.29, 1.82) is 0 Å². The molecule has 4 aromatic carbocycles. The Labute approximate surface area is 291 Å². The van der Waals surface area contributed by atoms with Gasteiger partial charge in [-0.1, -0.05) is 122 Å². The summed E-state index contributed by atoms with van der Waals surface area (Å²) in [5.74, 6) is 0. The standard InChI is InChI=1S/C46H43N3/c1-5-38-42(29-44(34-20-12-7-13-21-34)49-46(38)36-24-16-9-17-25-36)39-27-37(30-47-4)41(26-31(39)2)40-28-43(33-18-10-6-11-19-33)48-45(32(40)3)35-22-14-8-15-23-35/h6-12,14-20,22-29,47H,5,13,21,30H2,1-4H3. The molecule has 49 heavy (non-hydrogen) atoms. The number of rotatable bonds is 9. The number of hydrogen-bond donors (Lipinski definition) is 1. The number of nitrogens with zero attached hydrogens (tertiary/aromatic N) is 2. The molecule has 0 amide bonds. The summed E-state index contributed by atoms with van der Waals surface area (Å²) in [6.07, 6.45) is 9.58. The first kappa shape index (κ1) is 32.2. The minimum Gasteiger partial charge on any atom is -0.316 e. The first-order chi connectivity index (χ1) is 24.1. The Morgan fingerprint density at radius 1 is 0.633 bits per heavy atom. The largest absolute Gasteiger partial charge is 0.316 e.